The van der Waals surface area contributed by atoms with Crippen LogP contribution < -0.4 is 0 Å². The van der Waals surface area contributed by atoms with Crippen molar-refractivity contribution in [2.45, 2.75) is 0 Å². The molecule has 238 valence electrons. The maximum atomic E-state index is 6.16. The van der Waals surface area contributed by atoms with Crippen molar-refractivity contribution in [1.82, 2.24) is 19.9 Å². The highest BCUT2D eigenvalue weighted by atomic mass is 16.3. The molecule has 5 heteroatoms. The first-order chi connectivity index (χ1) is 25.2. The van der Waals surface area contributed by atoms with Gasteiger partial charge in [0.2, 0.25) is 0 Å². The van der Waals surface area contributed by atoms with Crippen molar-refractivity contribution in [3.8, 4) is 56.4 Å². The van der Waals surface area contributed by atoms with Crippen LogP contribution in [0.3, 0.4) is 0 Å². The molecule has 0 unspecified atom stereocenters. The quantitative estimate of drug-likeness (QED) is 0.185. The summed E-state index contributed by atoms with van der Waals surface area (Å²) in [6.45, 7) is 0. The SMILES string of the molecule is c1ccc(-c2ccccc2-c2nc(-c3ccc4oc5ccccc5c4c3)nc(-c3cccc4ccc(-c5ccc6cccnc6c5)cc34)n2)cc1. The predicted molar refractivity (Wildman–Crippen MR) is 207 cm³/mol. The number of hydrogen-bond acceptors (Lipinski definition) is 5. The van der Waals surface area contributed by atoms with Crippen LogP contribution in [0, 0.1) is 0 Å². The van der Waals surface area contributed by atoms with E-state index in [0.717, 1.165) is 82.6 Å². The lowest BCUT2D eigenvalue weighted by Gasteiger charge is -2.13. The summed E-state index contributed by atoms with van der Waals surface area (Å²) in [7, 11) is 0. The minimum Gasteiger partial charge on any atom is -0.456 e. The summed E-state index contributed by atoms with van der Waals surface area (Å²) >= 11 is 0. The van der Waals surface area contributed by atoms with Crippen LogP contribution in [-0.4, -0.2) is 19.9 Å². The zero-order valence-electron chi connectivity index (χ0n) is 27.4. The van der Waals surface area contributed by atoms with E-state index in [1.807, 2.05) is 54.7 Å². The van der Waals surface area contributed by atoms with Crippen LogP contribution in [-0.2, 0) is 0 Å². The molecule has 0 aliphatic rings. The summed E-state index contributed by atoms with van der Waals surface area (Å²) in [5, 5.41) is 5.37. The van der Waals surface area contributed by atoms with E-state index in [9.17, 15) is 0 Å². The number of fused-ring (bicyclic) bond motifs is 5. The van der Waals surface area contributed by atoms with Crippen LogP contribution in [0.5, 0.6) is 0 Å². The Bertz CT molecular complexity index is 2930. The topological polar surface area (TPSA) is 64.7 Å². The molecule has 10 rings (SSSR count). The molecule has 51 heavy (non-hydrogen) atoms. The first-order valence-electron chi connectivity index (χ1n) is 17.0. The molecule has 0 amide bonds. The molecule has 0 saturated heterocycles. The second-order valence-electron chi connectivity index (χ2n) is 12.7. The van der Waals surface area contributed by atoms with Crippen LogP contribution in [0.15, 0.2) is 174 Å². The van der Waals surface area contributed by atoms with Crippen molar-refractivity contribution >= 4 is 43.6 Å². The monoisotopic (exact) mass is 652 g/mol. The number of rotatable bonds is 5. The molecule has 0 fully saturated rings. The van der Waals surface area contributed by atoms with Gasteiger partial charge in [-0.1, -0.05) is 121 Å². The van der Waals surface area contributed by atoms with Crippen LogP contribution in [0.1, 0.15) is 0 Å². The molecule has 0 radical (unpaired) electrons. The van der Waals surface area contributed by atoms with Crippen molar-refractivity contribution < 1.29 is 4.42 Å². The first-order valence-corrected chi connectivity index (χ1v) is 17.0. The number of pyridine rings is 1. The molecular formula is C46H28N4O. The van der Waals surface area contributed by atoms with Crippen molar-refractivity contribution in [1.29, 1.82) is 0 Å². The van der Waals surface area contributed by atoms with Crippen molar-refractivity contribution in [3.05, 3.63) is 170 Å². The Hall–Kier alpha value is -6.98. The van der Waals surface area contributed by atoms with E-state index >= 15 is 0 Å². The minimum absolute atomic E-state index is 0.596. The predicted octanol–water partition coefficient (Wildman–Crippen LogP) is 11.8. The van der Waals surface area contributed by atoms with Gasteiger partial charge in [0.1, 0.15) is 11.2 Å². The van der Waals surface area contributed by atoms with Crippen LogP contribution in [0.2, 0.25) is 0 Å². The third kappa shape index (κ3) is 5.11. The number of hydrogen-bond donors (Lipinski definition) is 0. The third-order valence-electron chi connectivity index (χ3n) is 9.59. The molecule has 7 aromatic carbocycles. The Kier molecular flexibility index (Phi) is 6.74. The molecular weight excluding hydrogens is 625 g/mol. The van der Waals surface area contributed by atoms with Crippen LogP contribution in [0.4, 0.5) is 0 Å². The number of para-hydroxylation sites is 1. The van der Waals surface area contributed by atoms with Gasteiger partial charge in [-0.2, -0.15) is 0 Å². The fourth-order valence-electron chi connectivity index (χ4n) is 7.05. The molecule has 3 aromatic heterocycles. The zero-order chi connectivity index (χ0) is 33.7. The van der Waals surface area contributed by atoms with Gasteiger partial charge in [0.25, 0.3) is 0 Å². The van der Waals surface area contributed by atoms with Gasteiger partial charge in [-0.3, -0.25) is 4.98 Å². The van der Waals surface area contributed by atoms with Crippen LogP contribution >= 0.6 is 0 Å². The van der Waals surface area contributed by atoms with Crippen LogP contribution in [0.25, 0.3) is 100 Å². The third-order valence-corrected chi connectivity index (χ3v) is 9.59. The normalized spacial score (nSPS) is 11.5. The Balaban J connectivity index is 1.20. The van der Waals surface area contributed by atoms with E-state index in [-0.39, 0.29) is 0 Å². The fourth-order valence-corrected chi connectivity index (χ4v) is 7.05. The molecule has 5 nitrogen and oxygen atoms in total. The van der Waals surface area contributed by atoms with Gasteiger partial charge >= 0.3 is 0 Å². The summed E-state index contributed by atoms with van der Waals surface area (Å²) in [4.78, 5) is 20.2. The molecule has 0 spiro atoms. The highest BCUT2D eigenvalue weighted by Gasteiger charge is 2.18. The maximum absolute atomic E-state index is 6.16. The molecule has 10 aromatic rings. The first kappa shape index (κ1) is 29.0. The Morgan fingerprint density at radius 2 is 1.00 bits per heavy atom. The lowest BCUT2D eigenvalue weighted by molar-refractivity contribution is 0.669. The van der Waals surface area contributed by atoms with Crippen molar-refractivity contribution in [2.75, 3.05) is 0 Å². The van der Waals surface area contributed by atoms with E-state index in [1.54, 1.807) is 0 Å². The van der Waals surface area contributed by atoms with Crippen molar-refractivity contribution in [2.24, 2.45) is 0 Å². The lowest BCUT2D eigenvalue weighted by atomic mass is 9.97. The van der Waals surface area contributed by atoms with Gasteiger partial charge in [-0.15, -0.1) is 0 Å². The van der Waals surface area contributed by atoms with Gasteiger partial charge in [0.15, 0.2) is 17.5 Å². The van der Waals surface area contributed by atoms with E-state index in [0.29, 0.717) is 17.5 Å². The highest BCUT2D eigenvalue weighted by Crippen LogP contribution is 2.37. The van der Waals surface area contributed by atoms with E-state index < -0.39 is 0 Å². The fraction of sp³-hybridized carbons (Fsp3) is 0. The average molecular weight is 653 g/mol. The molecule has 0 aliphatic carbocycles. The highest BCUT2D eigenvalue weighted by molar-refractivity contribution is 6.06. The summed E-state index contributed by atoms with van der Waals surface area (Å²) in [6, 6.07) is 56.3. The summed E-state index contributed by atoms with van der Waals surface area (Å²) < 4.78 is 6.16. The molecule has 0 saturated carbocycles. The Morgan fingerprint density at radius 3 is 1.90 bits per heavy atom. The van der Waals surface area contributed by atoms with Crippen molar-refractivity contribution in [3.63, 3.8) is 0 Å². The Labute approximate surface area is 293 Å². The standard InChI is InChI=1S/C46H28N4O/c1-2-10-29(11-3-1)35-14-4-5-16-37(35)45-48-44(34-23-24-43-40(27-34)36-15-6-7-18-42(36)51-43)49-46(50-45)38-17-8-12-30-19-21-32(26-39(30)38)33-22-20-31-13-9-25-47-41(31)28-33/h1-28H. The maximum Gasteiger partial charge on any atom is 0.164 e. The molecule has 0 aliphatic heterocycles. The van der Waals surface area contributed by atoms with Gasteiger partial charge in [0, 0.05) is 39.0 Å². The largest absolute Gasteiger partial charge is 0.456 e. The number of benzene rings is 7. The van der Waals surface area contributed by atoms with Gasteiger partial charge in [0.05, 0.1) is 5.52 Å². The number of furan rings is 1. The average Bonchev–Trinajstić information content (AvgIpc) is 3.58. The van der Waals surface area contributed by atoms with E-state index in [2.05, 4.69) is 120 Å². The summed E-state index contributed by atoms with van der Waals surface area (Å²) in [5.41, 5.74) is 9.77. The van der Waals surface area contributed by atoms with Gasteiger partial charge in [-0.25, -0.2) is 15.0 Å². The number of aromatic nitrogens is 4. The molecule has 0 bridgehead atoms. The second kappa shape index (κ2) is 11.9. The van der Waals surface area contributed by atoms with E-state index in [1.165, 1.54) is 0 Å². The van der Waals surface area contributed by atoms with Gasteiger partial charge < -0.3 is 4.42 Å². The summed E-state index contributed by atoms with van der Waals surface area (Å²) in [6.07, 6.45) is 1.84. The lowest BCUT2D eigenvalue weighted by Crippen LogP contribution is -2.01. The van der Waals surface area contributed by atoms with E-state index in [4.69, 9.17) is 19.4 Å². The Morgan fingerprint density at radius 1 is 0.353 bits per heavy atom. The molecule has 0 N–H and O–H groups in total. The minimum atomic E-state index is 0.596. The summed E-state index contributed by atoms with van der Waals surface area (Å²) in [5.74, 6) is 1.82. The zero-order valence-corrected chi connectivity index (χ0v) is 27.4. The van der Waals surface area contributed by atoms with Gasteiger partial charge in [-0.05, 0) is 75.5 Å². The second-order valence-corrected chi connectivity index (χ2v) is 12.7. The molecule has 0 atom stereocenters. The smallest absolute Gasteiger partial charge is 0.164 e. The molecule has 3 heterocycles. The number of nitrogens with zero attached hydrogens (tertiary/aromatic N) is 4.